The van der Waals surface area contributed by atoms with Crippen molar-refractivity contribution in [1.29, 1.82) is 5.26 Å². The Kier molecular flexibility index (Phi) is 2.79. The standard InChI is InChI=1S/C12H10N4/c1-9-4-2-3-5-11(9)15-12-10(8-13)6-7-14-16-12/h2-7H,1H3,(H,15,16). The fourth-order valence-electron chi connectivity index (χ4n) is 1.36. The van der Waals surface area contributed by atoms with Gasteiger partial charge in [-0.25, -0.2) is 0 Å². The maximum atomic E-state index is 8.91. The third-order valence-corrected chi connectivity index (χ3v) is 2.24. The van der Waals surface area contributed by atoms with Crippen molar-refractivity contribution in [3.63, 3.8) is 0 Å². The van der Waals surface area contributed by atoms with Gasteiger partial charge in [0.1, 0.15) is 6.07 Å². The Balaban J connectivity index is 2.35. The van der Waals surface area contributed by atoms with Crippen LogP contribution in [0.1, 0.15) is 11.1 Å². The predicted octanol–water partition coefficient (Wildman–Crippen LogP) is 2.40. The number of benzene rings is 1. The number of anilines is 2. The minimum Gasteiger partial charge on any atom is -0.337 e. The number of nitrogens with one attached hydrogen (secondary N) is 1. The molecule has 1 N–H and O–H groups in total. The molecule has 2 aromatic rings. The summed E-state index contributed by atoms with van der Waals surface area (Å²) in [5.41, 5.74) is 2.51. The number of aromatic nitrogens is 2. The van der Waals surface area contributed by atoms with Crippen LogP contribution in [-0.4, -0.2) is 10.2 Å². The van der Waals surface area contributed by atoms with Crippen molar-refractivity contribution in [2.45, 2.75) is 6.92 Å². The molecular weight excluding hydrogens is 200 g/mol. The Morgan fingerprint density at radius 3 is 2.81 bits per heavy atom. The summed E-state index contributed by atoms with van der Waals surface area (Å²) in [5.74, 6) is 0.485. The van der Waals surface area contributed by atoms with Gasteiger partial charge in [0, 0.05) is 5.69 Å². The van der Waals surface area contributed by atoms with Crippen LogP contribution >= 0.6 is 0 Å². The normalized spacial score (nSPS) is 9.50. The van der Waals surface area contributed by atoms with Gasteiger partial charge in [0.2, 0.25) is 0 Å². The van der Waals surface area contributed by atoms with E-state index >= 15 is 0 Å². The first kappa shape index (κ1) is 10.1. The van der Waals surface area contributed by atoms with Crippen LogP contribution in [0.4, 0.5) is 11.5 Å². The fraction of sp³-hybridized carbons (Fsp3) is 0.0833. The lowest BCUT2D eigenvalue weighted by atomic mass is 10.2. The Morgan fingerprint density at radius 1 is 1.25 bits per heavy atom. The Hall–Kier alpha value is -2.41. The summed E-state index contributed by atoms with van der Waals surface area (Å²) in [5, 5.41) is 19.7. The van der Waals surface area contributed by atoms with Gasteiger partial charge in [-0.05, 0) is 24.6 Å². The van der Waals surface area contributed by atoms with Crippen LogP contribution in [0.5, 0.6) is 0 Å². The highest BCUT2D eigenvalue weighted by atomic mass is 15.2. The molecular formula is C12H10N4. The summed E-state index contributed by atoms with van der Waals surface area (Å²) < 4.78 is 0. The Morgan fingerprint density at radius 2 is 2.06 bits per heavy atom. The number of hydrogen-bond acceptors (Lipinski definition) is 4. The van der Waals surface area contributed by atoms with E-state index in [-0.39, 0.29) is 0 Å². The summed E-state index contributed by atoms with van der Waals surface area (Å²) in [6, 6.07) is 11.5. The molecule has 0 radical (unpaired) electrons. The SMILES string of the molecule is Cc1ccccc1Nc1nnccc1C#N. The monoisotopic (exact) mass is 210 g/mol. The molecule has 16 heavy (non-hydrogen) atoms. The summed E-state index contributed by atoms with van der Waals surface area (Å²) in [6.07, 6.45) is 1.50. The molecule has 0 aliphatic rings. The zero-order valence-corrected chi connectivity index (χ0v) is 8.81. The van der Waals surface area contributed by atoms with Gasteiger partial charge in [0.05, 0.1) is 11.8 Å². The van der Waals surface area contributed by atoms with E-state index in [1.165, 1.54) is 6.20 Å². The van der Waals surface area contributed by atoms with Gasteiger partial charge in [0.15, 0.2) is 5.82 Å². The number of aryl methyl sites for hydroxylation is 1. The quantitative estimate of drug-likeness (QED) is 0.826. The maximum Gasteiger partial charge on any atom is 0.171 e. The second kappa shape index (κ2) is 4.41. The van der Waals surface area contributed by atoms with Crippen molar-refractivity contribution < 1.29 is 0 Å². The van der Waals surface area contributed by atoms with Gasteiger partial charge < -0.3 is 5.32 Å². The average molecular weight is 210 g/mol. The third kappa shape index (κ3) is 1.98. The van der Waals surface area contributed by atoms with E-state index in [0.717, 1.165) is 11.3 Å². The van der Waals surface area contributed by atoms with Gasteiger partial charge in [-0.2, -0.15) is 10.4 Å². The van der Waals surface area contributed by atoms with Gasteiger partial charge in [-0.3, -0.25) is 0 Å². The van der Waals surface area contributed by atoms with Crippen molar-refractivity contribution in [2.24, 2.45) is 0 Å². The van der Waals surface area contributed by atoms with Gasteiger partial charge in [0.25, 0.3) is 0 Å². The summed E-state index contributed by atoms with van der Waals surface area (Å²) >= 11 is 0. The molecule has 0 aliphatic carbocycles. The first-order chi connectivity index (χ1) is 7.81. The average Bonchev–Trinajstić information content (AvgIpc) is 2.33. The maximum absolute atomic E-state index is 8.91. The van der Waals surface area contributed by atoms with Crippen molar-refractivity contribution >= 4 is 11.5 Å². The molecule has 4 nitrogen and oxygen atoms in total. The minimum atomic E-state index is 0.484. The first-order valence-electron chi connectivity index (χ1n) is 4.85. The van der Waals surface area contributed by atoms with E-state index in [1.807, 2.05) is 31.2 Å². The van der Waals surface area contributed by atoms with E-state index in [1.54, 1.807) is 6.07 Å². The Labute approximate surface area is 93.6 Å². The van der Waals surface area contributed by atoms with Crippen molar-refractivity contribution in [1.82, 2.24) is 10.2 Å². The van der Waals surface area contributed by atoms with E-state index in [2.05, 4.69) is 21.6 Å². The molecule has 4 heteroatoms. The molecule has 0 spiro atoms. The summed E-state index contributed by atoms with van der Waals surface area (Å²) in [7, 11) is 0. The van der Waals surface area contributed by atoms with Gasteiger partial charge in [-0.1, -0.05) is 18.2 Å². The number of nitriles is 1. The number of hydrogen-bond donors (Lipinski definition) is 1. The van der Waals surface area contributed by atoms with Crippen molar-refractivity contribution in [2.75, 3.05) is 5.32 Å². The molecule has 0 amide bonds. The number of para-hydroxylation sites is 1. The van der Waals surface area contributed by atoms with Crippen LogP contribution in [0.3, 0.4) is 0 Å². The van der Waals surface area contributed by atoms with E-state index in [4.69, 9.17) is 5.26 Å². The second-order valence-corrected chi connectivity index (χ2v) is 3.35. The molecule has 78 valence electrons. The smallest absolute Gasteiger partial charge is 0.171 e. The molecule has 0 atom stereocenters. The number of rotatable bonds is 2. The highest BCUT2D eigenvalue weighted by molar-refractivity contribution is 5.64. The zero-order chi connectivity index (χ0) is 11.4. The lowest BCUT2D eigenvalue weighted by Gasteiger charge is -2.08. The molecule has 0 unspecified atom stereocenters. The molecule has 0 aliphatic heterocycles. The van der Waals surface area contributed by atoms with E-state index in [9.17, 15) is 0 Å². The van der Waals surface area contributed by atoms with Crippen molar-refractivity contribution in [3.8, 4) is 6.07 Å². The van der Waals surface area contributed by atoms with Crippen LogP contribution in [-0.2, 0) is 0 Å². The molecule has 1 heterocycles. The topological polar surface area (TPSA) is 61.6 Å². The number of nitrogens with zero attached hydrogens (tertiary/aromatic N) is 3. The molecule has 0 fully saturated rings. The lowest BCUT2D eigenvalue weighted by molar-refractivity contribution is 1.03. The van der Waals surface area contributed by atoms with Crippen molar-refractivity contribution in [3.05, 3.63) is 47.7 Å². The molecule has 0 saturated heterocycles. The molecule has 0 bridgehead atoms. The molecule has 1 aromatic carbocycles. The third-order valence-electron chi connectivity index (χ3n) is 2.24. The largest absolute Gasteiger partial charge is 0.337 e. The second-order valence-electron chi connectivity index (χ2n) is 3.35. The summed E-state index contributed by atoms with van der Waals surface area (Å²) in [4.78, 5) is 0. The van der Waals surface area contributed by atoms with Crippen LogP contribution in [0.15, 0.2) is 36.5 Å². The zero-order valence-electron chi connectivity index (χ0n) is 8.81. The highest BCUT2D eigenvalue weighted by Gasteiger charge is 2.04. The molecule has 1 aromatic heterocycles. The van der Waals surface area contributed by atoms with Gasteiger partial charge >= 0.3 is 0 Å². The highest BCUT2D eigenvalue weighted by Crippen LogP contribution is 2.19. The molecule has 0 saturated carbocycles. The lowest BCUT2D eigenvalue weighted by Crippen LogP contribution is -1.99. The predicted molar refractivity (Wildman–Crippen MR) is 61.2 cm³/mol. The van der Waals surface area contributed by atoms with Crippen LogP contribution in [0.2, 0.25) is 0 Å². The minimum absolute atomic E-state index is 0.484. The van der Waals surface area contributed by atoms with Gasteiger partial charge in [-0.15, -0.1) is 5.10 Å². The first-order valence-corrected chi connectivity index (χ1v) is 4.85. The Bertz CT molecular complexity index is 543. The molecule has 2 rings (SSSR count). The van der Waals surface area contributed by atoms with Crippen LogP contribution in [0, 0.1) is 18.3 Å². The van der Waals surface area contributed by atoms with Crippen LogP contribution in [0.25, 0.3) is 0 Å². The van der Waals surface area contributed by atoms with E-state index < -0.39 is 0 Å². The fourth-order valence-corrected chi connectivity index (χ4v) is 1.36. The summed E-state index contributed by atoms with van der Waals surface area (Å²) in [6.45, 7) is 1.99. The van der Waals surface area contributed by atoms with Crippen LogP contribution < -0.4 is 5.32 Å². The van der Waals surface area contributed by atoms with E-state index in [0.29, 0.717) is 11.4 Å².